The van der Waals surface area contributed by atoms with Crippen molar-refractivity contribution in [2.75, 3.05) is 39.4 Å². The van der Waals surface area contributed by atoms with Gasteiger partial charge in [-0.15, -0.1) is 0 Å². The number of amides is 1. The number of hydrogen-bond acceptors (Lipinski definition) is 4. The Morgan fingerprint density at radius 3 is 2.52 bits per heavy atom. The lowest BCUT2D eigenvalue weighted by Crippen LogP contribution is -2.48. The SMILES string of the molecule is O=C(CCc1ccc2c(c1)OCCCO2)N1CCN(Cc2cccc(Cl)c2)CC1. The summed E-state index contributed by atoms with van der Waals surface area (Å²) in [4.78, 5) is 17.0. The molecule has 4 rings (SSSR count). The Morgan fingerprint density at radius 2 is 1.72 bits per heavy atom. The van der Waals surface area contributed by atoms with E-state index in [2.05, 4.69) is 11.0 Å². The fourth-order valence-corrected chi connectivity index (χ4v) is 4.03. The molecule has 0 atom stereocenters. The van der Waals surface area contributed by atoms with Gasteiger partial charge in [-0.1, -0.05) is 29.8 Å². The molecule has 6 heteroatoms. The van der Waals surface area contributed by atoms with E-state index in [9.17, 15) is 4.79 Å². The highest BCUT2D eigenvalue weighted by Gasteiger charge is 2.21. The van der Waals surface area contributed by atoms with Gasteiger partial charge in [-0.3, -0.25) is 9.69 Å². The minimum absolute atomic E-state index is 0.222. The number of hydrogen-bond donors (Lipinski definition) is 0. The highest BCUT2D eigenvalue weighted by molar-refractivity contribution is 6.30. The first kappa shape index (κ1) is 20.0. The summed E-state index contributed by atoms with van der Waals surface area (Å²) in [7, 11) is 0. The van der Waals surface area contributed by atoms with E-state index in [4.69, 9.17) is 21.1 Å². The molecule has 5 nitrogen and oxygen atoms in total. The topological polar surface area (TPSA) is 42.0 Å². The summed E-state index contributed by atoms with van der Waals surface area (Å²) >= 11 is 6.07. The minimum atomic E-state index is 0.222. The van der Waals surface area contributed by atoms with Crippen LogP contribution in [0, 0.1) is 0 Å². The van der Waals surface area contributed by atoms with E-state index >= 15 is 0 Å². The molecule has 2 aromatic rings. The number of rotatable bonds is 5. The Balaban J connectivity index is 1.24. The predicted molar refractivity (Wildman–Crippen MR) is 114 cm³/mol. The summed E-state index contributed by atoms with van der Waals surface area (Å²) in [6.45, 7) is 5.58. The summed E-state index contributed by atoms with van der Waals surface area (Å²) in [6.07, 6.45) is 2.14. The zero-order valence-electron chi connectivity index (χ0n) is 16.6. The lowest BCUT2D eigenvalue weighted by molar-refractivity contribution is -0.133. The largest absolute Gasteiger partial charge is 0.490 e. The molecule has 29 heavy (non-hydrogen) atoms. The van der Waals surface area contributed by atoms with Crippen LogP contribution in [0.5, 0.6) is 11.5 Å². The van der Waals surface area contributed by atoms with Crippen molar-refractivity contribution in [1.29, 1.82) is 0 Å². The lowest BCUT2D eigenvalue weighted by atomic mass is 10.1. The van der Waals surface area contributed by atoms with E-state index in [0.29, 0.717) is 19.6 Å². The van der Waals surface area contributed by atoms with Gasteiger partial charge in [0, 0.05) is 50.6 Å². The van der Waals surface area contributed by atoms with Crippen LogP contribution in [0.1, 0.15) is 24.0 Å². The van der Waals surface area contributed by atoms with Gasteiger partial charge in [0.15, 0.2) is 11.5 Å². The number of benzene rings is 2. The second-order valence-electron chi connectivity index (χ2n) is 7.62. The van der Waals surface area contributed by atoms with E-state index < -0.39 is 0 Å². The van der Waals surface area contributed by atoms with E-state index in [1.807, 2.05) is 41.3 Å². The normalized spacial score (nSPS) is 17.1. The van der Waals surface area contributed by atoms with Gasteiger partial charge in [0.1, 0.15) is 0 Å². The Labute approximate surface area is 177 Å². The molecule has 0 N–H and O–H groups in total. The van der Waals surface area contributed by atoms with Crippen LogP contribution in [0.2, 0.25) is 5.02 Å². The van der Waals surface area contributed by atoms with Gasteiger partial charge in [-0.05, 0) is 41.8 Å². The number of carbonyl (C=O) groups excluding carboxylic acids is 1. The molecule has 0 bridgehead atoms. The predicted octanol–water partition coefficient (Wildman–Crippen LogP) is 3.78. The molecule has 1 fully saturated rings. The van der Waals surface area contributed by atoms with Gasteiger partial charge in [0.2, 0.25) is 5.91 Å². The molecule has 154 valence electrons. The van der Waals surface area contributed by atoms with Crippen LogP contribution in [0.3, 0.4) is 0 Å². The fourth-order valence-electron chi connectivity index (χ4n) is 3.82. The summed E-state index contributed by atoms with van der Waals surface area (Å²) in [5, 5.41) is 0.770. The molecule has 0 aromatic heterocycles. The van der Waals surface area contributed by atoms with Crippen LogP contribution >= 0.6 is 11.6 Å². The summed E-state index contributed by atoms with van der Waals surface area (Å²) in [5.41, 5.74) is 2.33. The Bertz CT molecular complexity index is 850. The molecule has 2 aliphatic rings. The summed E-state index contributed by atoms with van der Waals surface area (Å²) < 4.78 is 11.4. The first-order valence-electron chi connectivity index (χ1n) is 10.3. The van der Waals surface area contributed by atoms with Crippen LogP contribution in [-0.2, 0) is 17.8 Å². The molecule has 1 amide bonds. The molecular formula is C23H27ClN2O3. The first-order chi connectivity index (χ1) is 14.2. The van der Waals surface area contributed by atoms with Gasteiger partial charge in [-0.25, -0.2) is 0 Å². The van der Waals surface area contributed by atoms with Crippen molar-refractivity contribution in [2.24, 2.45) is 0 Å². The molecule has 2 heterocycles. The molecule has 1 saturated heterocycles. The van der Waals surface area contributed by atoms with Crippen molar-refractivity contribution in [2.45, 2.75) is 25.8 Å². The minimum Gasteiger partial charge on any atom is -0.490 e. The van der Waals surface area contributed by atoms with E-state index in [0.717, 1.165) is 67.7 Å². The molecular weight excluding hydrogens is 388 g/mol. The molecule has 2 aliphatic heterocycles. The van der Waals surface area contributed by atoms with Gasteiger partial charge in [0.05, 0.1) is 13.2 Å². The van der Waals surface area contributed by atoms with Crippen molar-refractivity contribution in [1.82, 2.24) is 9.80 Å². The maximum absolute atomic E-state index is 12.7. The fraction of sp³-hybridized carbons (Fsp3) is 0.435. The van der Waals surface area contributed by atoms with Crippen molar-refractivity contribution in [3.8, 4) is 11.5 Å². The number of aryl methyl sites for hydroxylation is 1. The molecule has 0 aliphatic carbocycles. The molecule has 0 radical (unpaired) electrons. The Hall–Kier alpha value is -2.24. The van der Waals surface area contributed by atoms with Gasteiger partial charge >= 0.3 is 0 Å². The van der Waals surface area contributed by atoms with E-state index in [1.165, 1.54) is 5.56 Å². The number of carbonyl (C=O) groups is 1. The quantitative estimate of drug-likeness (QED) is 0.746. The van der Waals surface area contributed by atoms with E-state index in [-0.39, 0.29) is 5.91 Å². The number of nitrogens with zero attached hydrogens (tertiary/aromatic N) is 2. The highest BCUT2D eigenvalue weighted by Crippen LogP contribution is 2.30. The Morgan fingerprint density at radius 1 is 0.931 bits per heavy atom. The average Bonchev–Trinajstić information content (AvgIpc) is 2.97. The van der Waals surface area contributed by atoms with Crippen LogP contribution in [0.15, 0.2) is 42.5 Å². The maximum Gasteiger partial charge on any atom is 0.222 e. The van der Waals surface area contributed by atoms with Crippen LogP contribution in [0.25, 0.3) is 0 Å². The van der Waals surface area contributed by atoms with Crippen molar-refractivity contribution < 1.29 is 14.3 Å². The third-order valence-corrected chi connectivity index (χ3v) is 5.69. The summed E-state index contributed by atoms with van der Waals surface area (Å²) in [6, 6.07) is 14.0. The number of fused-ring (bicyclic) bond motifs is 1. The van der Waals surface area contributed by atoms with Crippen LogP contribution < -0.4 is 9.47 Å². The number of ether oxygens (including phenoxy) is 2. The molecule has 2 aromatic carbocycles. The van der Waals surface area contributed by atoms with Crippen molar-refractivity contribution >= 4 is 17.5 Å². The average molecular weight is 415 g/mol. The molecule has 0 unspecified atom stereocenters. The van der Waals surface area contributed by atoms with Gasteiger partial charge < -0.3 is 14.4 Å². The zero-order chi connectivity index (χ0) is 20.1. The lowest BCUT2D eigenvalue weighted by Gasteiger charge is -2.35. The summed E-state index contributed by atoms with van der Waals surface area (Å²) in [5.74, 6) is 1.81. The number of halogens is 1. The standard InChI is InChI=1S/C23H27ClN2O3/c24-20-4-1-3-19(15-20)17-25-9-11-26(12-10-25)23(27)8-6-18-5-7-21-22(16-18)29-14-2-13-28-21/h1,3-5,7,15-16H,2,6,8-14,17H2. The second kappa shape index (κ2) is 9.51. The zero-order valence-corrected chi connectivity index (χ0v) is 17.4. The second-order valence-corrected chi connectivity index (χ2v) is 8.05. The van der Waals surface area contributed by atoms with Gasteiger partial charge in [-0.2, -0.15) is 0 Å². The highest BCUT2D eigenvalue weighted by atomic mass is 35.5. The van der Waals surface area contributed by atoms with Crippen LogP contribution in [-0.4, -0.2) is 55.1 Å². The smallest absolute Gasteiger partial charge is 0.222 e. The molecule has 0 saturated carbocycles. The third-order valence-electron chi connectivity index (χ3n) is 5.46. The van der Waals surface area contributed by atoms with Crippen LogP contribution in [0.4, 0.5) is 0 Å². The van der Waals surface area contributed by atoms with E-state index in [1.54, 1.807) is 0 Å². The monoisotopic (exact) mass is 414 g/mol. The van der Waals surface area contributed by atoms with Gasteiger partial charge in [0.25, 0.3) is 0 Å². The third kappa shape index (κ3) is 5.43. The van der Waals surface area contributed by atoms with Crippen molar-refractivity contribution in [3.63, 3.8) is 0 Å². The number of piperazine rings is 1. The first-order valence-corrected chi connectivity index (χ1v) is 10.7. The molecule has 0 spiro atoms. The van der Waals surface area contributed by atoms with Crippen molar-refractivity contribution in [3.05, 3.63) is 58.6 Å². The maximum atomic E-state index is 12.7. The Kier molecular flexibility index (Phi) is 6.57.